The molecule has 1 aromatic carbocycles. The van der Waals surface area contributed by atoms with Crippen molar-refractivity contribution in [3.05, 3.63) is 29.3 Å². The first-order valence-corrected chi connectivity index (χ1v) is 5.99. The summed E-state index contributed by atoms with van der Waals surface area (Å²) in [5.41, 5.74) is 3.51. The summed E-state index contributed by atoms with van der Waals surface area (Å²) >= 11 is 0. The van der Waals surface area contributed by atoms with Crippen LogP contribution in [0.25, 0.3) is 0 Å². The van der Waals surface area contributed by atoms with Crippen molar-refractivity contribution in [1.82, 2.24) is 0 Å². The topological polar surface area (TPSA) is 18.5 Å². The highest BCUT2D eigenvalue weighted by Crippen LogP contribution is 2.60. The van der Waals surface area contributed by atoms with Crippen molar-refractivity contribution in [3.63, 3.8) is 0 Å². The maximum atomic E-state index is 5.48. The van der Waals surface area contributed by atoms with E-state index in [1.807, 2.05) is 0 Å². The Bertz CT molecular complexity index is 413. The van der Waals surface area contributed by atoms with Gasteiger partial charge in [0.25, 0.3) is 0 Å². The van der Waals surface area contributed by atoms with Gasteiger partial charge < -0.3 is 9.47 Å². The molecule has 86 valence electrons. The SMILES string of the molecule is COCOc1ccc2c(c1)CCC1CC21C. The van der Waals surface area contributed by atoms with Gasteiger partial charge in [0.15, 0.2) is 6.79 Å². The van der Waals surface area contributed by atoms with E-state index in [0.29, 0.717) is 12.2 Å². The number of ether oxygens (including phenoxy) is 2. The van der Waals surface area contributed by atoms with Gasteiger partial charge in [0.05, 0.1) is 0 Å². The second-order valence-corrected chi connectivity index (χ2v) is 5.23. The molecule has 1 saturated carbocycles. The standard InChI is InChI=1S/C14H18O2/c1-14-8-11(14)4-3-10-7-12(16-9-15-2)5-6-13(10)14/h5-7,11H,3-4,8-9H2,1-2H3. The third-order valence-electron chi connectivity index (χ3n) is 4.21. The molecule has 16 heavy (non-hydrogen) atoms. The molecular weight excluding hydrogens is 200 g/mol. The van der Waals surface area contributed by atoms with Crippen molar-refractivity contribution < 1.29 is 9.47 Å². The van der Waals surface area contributed by atoms with Gasteiger partial charge >= 0.3 is 0 Å². The Balaban J connectivity index is 1.88. The third kappa shape index (κ3) is 1.44. The van der Waals surface area contributed by atoms with Crippen molar-refractivity contribution >= 4 is 0 Å². The zero-order valence-electron chi connectivity index (χ0n) is 9.95. The molecule has 2 aliphatic rings. The Morgan fingerprint density at radius 1 is 1.44 bits per heavy atom. The van der Waals surface area contributed by atoms with Crippen molar-refractivity contribution in [1.29, 1.82) is 0 Å². The first-order valence-electron chi connectivity index (χ1n) is 5.99. The van der Waals surface area contributed by atoms with Crippen molar-refractivity contribution in [2.75, 3.05) is 13.9 Å². The van der Waals surface area contributed by atoms with Gasteiger partial charge in [-0.15, -0.1) is 0 Å². The van der Waals surface area contributed by atoms with Crippen LogP contribution in [-0.4, -0.2) is 13.9 Å². The van der Waals surface area contributed by atoms with Crippen molar-refractivity contribution in [3.8, 4) is 5.75 Å². The molecule has 0 N–H and O–H groups in total. The summed E-state index contributed by atoms with van der Waals surface area (Å²) in [7, 11) is 1.65. The smallest absolute Gasteiger partial charge is 0.188 e. The highest BCUT2D eigenvalue weighted by Gasteiger charge is 2.53. The van der Waals surface area contributed by atoms with Crippen LogP contribution in [0.15, 0.2) is 18.2 Å². The predicted molar refractivity (Wildman–Crippen MR) is 62.7 cm³/mol. The minimum absolute atomic E-state index is 0.332. The second-order valence-electron chi connectivity index (χ2n) is 5.23. The van der Waals surface area contributed by atoms with Crippen molar-refractivity contribution in [2.45, 2.75) is 31.6 Å². The zero-order valence-corrected chi connectivity index (χ0v) is 9.95. The molecule has 1 fully saturated rings. The van der Waals surface area contributed by atoms with Crippen LogP contribution in [0.2, 0.25) is 0 Å². The zero-order chi connectivity index (χ0) is 11.2. The average molecular weight is 218 g/mol. The van der Waals surface area contributed by atoms with E-state index in [1.165, 1.54) is 24.8 Å². The summed E-state index contributed by atoms with van der Waals surface area (Å²) in [4.78, 5) is 0. The van der Waals surface area contributed by atoms with E-state index in [4.69, 9.17) is 9.47 Å². The number of benzene rings is 1. The lowest BCUT2D eigenvalue weighted by molar-refractivity contribution is 0.0510. The molecular formula is C14H18O2. The minimum Gasteiger partial charge on any atom is -0.468 e. The summed E-state index contributed by atoms with van der Waals surface area (Å²) in [6, 6.07) is 6.51. The Labute approximate surface area is 96.6 Å². The quantitative estimate of drug-likeness (QED) is 0.726. The fraction of sp³-hybridized carbons (Fsp3) is 0.571. The molecule has 0 heterocycles. The number of fused-ring (bicyclic) bond motifs is 3. The van der Waals surface area contributed by atoms with E-state index in [1.54, 1.807) is 12.7 Å². The molecule has 2 nitrogen and oxygen atoms in total. The highest BCUT2D eigenvalue weighted by molar-refractivity contribution is 5.46. The largest absolute Gasteiger partial charge is 0.468 e. The Morgan fingerprint density at radius 2 is 2.31 bits per heavy atom. The van der Waals surface area contributed by atoms with Crippen LogP contribution in [0.3, 0.4) is 0 Å². The van der Waals surface area contributed by atoms with E-state index < -0.39 is 0 Å². The van der Waals surface area contributed by atoms with E-state index in [0.717, 1.165) is 11.7 Å². The third-order valence-corrected chi connectivity index (χ3v) is 4.21. The molecule has 0 aromatic heterocycles. The lowest BCUT2D eigenvalue weighted by Gasteiger charge is -2.22. The van der Waals surface area contributed by atoms with Gasteiger partial charge in [0, 0.05) is 7.11 Å². The molecule has 0 radical (unpaired) electrons. The average Bonchev–Trinajstić information content (AvgIpc) is 2.98. The molecule has 2 atom stereocenters. The van der Waals surface area contributed by atoms with Crippen LogP contribution in [0.5, 0.6) is 5.75 Å². The molecule has 2 aliphatic carbocycles. The van der Waals surface area contributed by atoms with Gasteiger partial charge in [-0.05, 0) is 53.9 Å². The molecule has 0 spiro atoms. The van der Waals surface area contributed by atoms with Gasteiger partial charge in [-0.25, -0.2) is 0 Å². The fourth-order valence-electron chi connectivity index (χ4n) is 3.08. The molecule has 0 amide bonds. The predicted octanol–water partition coefficient (Wildman–Crippen LogP) is 2.89. The molecule has 1 aromatic rings. The summed E-state index contributed by atoms with van der Waals surface area (Å²) < 4.78 is 10.4. The van der Waals surface area contributed by atoms with E-state index >= 15 is 0 Å². The number of hydrogen-bond acceptors (Lipinski definition) is 2. The van der Waals surface area contributed by atoms with Gasteiger partial charge in [-0.3, -0.25) is 0 Å². The maximum Gasteiger partial charge on any atom is 0.188 e. The fourth-order valence-corrected chi connectivity index (χ4v) is 3.08. The number of aryl methyl sites for hydroxylation is 1. The number of methoxy groups -OCH3 is 1. The first kappa shape index (κ1) is 10.2. The first-order chi connectivity index (χ1) is 7.74. The van der Waals surface area contributed by atoms with Gasteiger partial charge in [-0.1, -0.05) is 13.0 Å². The lowest BCUT2D eigenvalue weighted by Crippen LogP contribution is -2.14. The molecule has 0 saturated heterocycles. The van der Waals surface area contributed by atoms with E-state index in [2.05, 4.69) is 25.1 Å². The summed E-state index contributed by atoms with van der Waals surface area (Å²) in [5, 5.41) is 0. The molecule has 3 rings (SSSR count). The number of rotatable bonds is 3. The Kier molecular flexibility index (Phi) is 2.21. The molecule has 2 unspecified atom stereocenters. The van der Waals surface area contributed by atoms with Crippen LogP contribution in [0.4, 0.5) is 0 Å². The maximum absolute atomic E-state index is 5.48. The van der Waals surface area contributed by atoms with Gasteiger partial charge in [0.2, 0.25) is 0 Å². The van der Waals surface area contributed by atoms with E-state index in [9.17, 15) is 0 Å². The number of hydrogen-bond donors (Lipinski definition) is 0. The van der Waals surface area contributed by atoms with Gasteiger partial charge in [-0.2, -0.15) is 0 Å². The monoisotopic (exact) mass is 218 g/mol. The second kappa shape index (κ2) is 3.49. The molecule has 2 heteroatoms. The van der Waals surface area contributed by atoms with Crippen LogP contribution in [0.1, 0.15) is 30.9 Å². The van der Waals surface area contributed by atoms with Crippen LogP contribution in [-0.2, 0) is 16.6 Å². The van der Waals surface area contributed by atoms with Crippen LogP contribution in [0, 0.1) is 5.92 Å². The van der Waals surface area contributed by atoms with Crippen molar-refractivity contribution in [2.24, 2.45) is 5.92 Å². The Hall–Kier alpha value is -1.02. The highest BCUT2D eigenvalue weighted by atomic mass is 16.7. The van der Waals surface area contributed by atoms with Crippen LogP contribution < -0.4 is 4.74 Å². The lowest BCUT2D eigenvalue weighted by atomic mass is 9.83. The molecule has 0 bridgehead atoms. The minimum atomic E-state index is 0.332. The van der Waals surface area contributed by atoms with Crippen LogP contribution >= 0.6 is 0 Å². The summed E-state index contributed by atoms with van der Waals surface area (Å²) in [6.45, 7) is 2.73. The van der Waals surface area contributed by atoms with Gasteiger partial charge in [0.1, 0.15) is 5.75 Å². The summed E-state index contributed by atoms with van der Waals surface area (Å²) in [5.74, 6) is 1.87. The normalized spacial score (nSPS) is 30.5. The summed E-state index contributed by atoms with van der Waals surface area (Å²) in [6.07, 6.45) is 3.93. The van der Waals surface area contributed by atoms with E-state index in [-0.39, 0.29) is 0 Å². The molecule has 0 aliphatic heterocycles. The Morgan fingerprint density at radius 3 is 3.12 bits per heavy atom.